The molecule has 1 heterocycles. The van der Waals surface area contributed by atoms with Crippen LogP contribution in [-0.4, -0.2) is 35.6 Å². The molecule has 1 aromatic heterocycles. The number of methoxy groups -OCH3 is 1. The standard InChI is InChI=1S/C11H17N3OS/c1-8-4-10(15-3)5-9(13-8)6-14(2)7-11(12)16/h4-5H,6-7H2,1-3H3,(H2,12,16). The van der Waals surface area contributed by atoms with Crippen molar-refractivity contribution in [3.05, 3.63) is 23.5 Å². The molecular weight excluding hydrogens is 222 g/mol. The number of pyridine rings is 1. The van der Waals surface area contributed by atoms with Crippen molar-refractivity contribution in [1.29, 1.82) is 0 Å². The number of nitrogens with zero attached hydrogens (tertiary/aromatic N) is 2. The van der Waals surface area contributed by atoms with E-state index in [9.17, 15) is 0 Å². The molecule has 0 atom stereocenters. The average molecular weight is 239 g/mol. The molecular formula is C11H17N3OS. The molecule has 1 aromatic rings. The van der Waals surface area contributed by atoms with Crippen molar-refractivity contribution in [2.75, 3.05) is 20.7 Å². The van der Waals surface area contributed by atoms with Crippen molar-refractivity contribution in [1.82, 2.24) is 9.88 Å². The third-order valence-electron chi connectivity index (χ3n) is 2.07. The molecule has 0 aliphatic heterocycles. The Hall–Kier alpha value is -1.20. The number of aromatic nitrogens is 1. The SMILES string of the molecule is COc1cc(C)nc(CN(C)CC(N)=S)c1. The Bertz CT molecular complexity index is 381. The molecule has 0 radical (unpaired) electrons. The Labute approximate surface area is 101 Å². The number of hydrogen-bond acceptors (Lipinski definition) is 4. The summed E-state index contributed by atoms with van der Waals surface area (Å²) < 4.78 is 5.19. The average Bonchev–Trinajstić information content (AvgIpc) is 2.14. The van der Waals surface area contributed by atoms with Gasteiger partial charge >= 0.3 is 0 Å². The van der Waals surface area contributed by atoms with E-state index in [4.69, 9.17) is 22.7 Å². The highest BCUT2D eigenvalue weighted by atomic mass is 32.1. The molecule has 5 heteroatoms. The zero-order valence-corrected chi connectivity index (χ0v) is 10.7. The van der Waals surface area contributed by atoms with Gasteiger partial charge in [0, 0.05) is 30.9 Å². The number of nitrogens with two attached hydrogens (primary N) is 1. The van der Waals surface area contributed by atoms with Crippen LogP contribution in [0.5, 0.6) is 5.75 Å². The lowest BCUT2D eigenvalue weighted by molar-refractivity contribution is 0.366. The second kappa shape index (κ2) is 5.77. The minimum absolute atomic E-state index is 0.488. The first-order valence-corrected chi connectivity index (χ1v) is 5.40. The van der Waals surface area contributed by atoms with E-state index < -0.39 is 0 Å². The number of thiocarbonyl (C=S) groups is 1. The van der Waals surface area contributed by atoms with Crippen LogP contribution >= 0.6 is 12.2 Å². The molecule has 0 spiro atoms. The van der Waals surface area contributed by atoms with E-state index in [0.717, 1.165) is 17.1 Å². The molecule has 0 saturated carbocycles. The van der Waals surface area contributed by atoms with E-state index in [1.54, 1.807) is 7.11 Å². The molecule has 1 rings (SSSR count). The summed E-state index contributed by atoms with van der Waals surface area (Å²) in [5.41, 5.74) is 7.37. The fourth-order valence-corrected chi connectivity index (χ4v) is 1.72. The highest BCUT2D eigenvalue weighted by molar-refractivity contribution is 7.80. The minimum Gasteiger partial charge on any atom is -0.497 e. The molecule has 0 saturated heterocycles. The lowest BCUT2D eigenvalue weighted by Crippen LogP contribution is -2.29. The van der Waals surface area contributed by atoms with Crippen molar-refractivity contribution in [3.63, 3.8) is 0 Å². The molecule has 16 heavy (non-hydrogen) atoms. The van der Waals surface area contributed by atoms with Gasteiger partial charge in [-0.05, 0) is 14.0 Å². The van der Waals surface area contributed by atoms with E-state index in [0.29, 0.717) is 18.1 Å². The molecule has 0 aliphatic rings. The Morgan fingerprint density at radius 1 is 1.56 bits per heavy atom. The lowest BCUT2D eigenvalue weighted by Gasteiger charge is -2.15. The van der Waals surface area contributed by atoms with Crippen LogP contribution in [0, 0.1) is 6.92 Å². The Morgan fingerprint density at radius 2 is 2.25 bits per heavy atom. The van der Waals surface area contributed by atoms with Crippen LogP contribution in [0.4, 0.5) is 0 Å². The van der Waals surface area contributed by atoms with Crippen LogP contribution in [0.15, 0.2) is 12.1 Å². The topological polar surface area (TPSA) is 51.4 Å². The summed E-state index contributed by atoms with van der Waals surface area (Å²) in [6.07, 6.45) is 0. The normalized spacial score (nSPS) is 10.5. The number of ether oxygens (including phenoxy) is 1. The van der Waals surface area contributed by atoms with E-state index in [1.807, 2.05) is 31.0 Å². The number of likely N-dealkylation sites (N-methyl/N-ethyl adjacent to an activating group) is 1. The van der Waals surface area contributed by atoms with Gasteiger partial charge in [0.25, 0.3) is 0 Å². The van der Waals surface area contributed by atoms with Crippen molar-refractivity contribution in [2.24, 2.45) is 5.73 Å². The van der Waals surface area contributed by atoms with Gasteiger partial charge in [0.05, 0.1) is 17.8 Å². The van der Waals surface area contributed by atoms with Crippen LogP contribution < -0.4 is 10.5 Å². The van der Waals surface area contributed by atoms with Crippen LogP contribution in [-0.2, 0) is 6.54 Å². The van der Waals surface area contributed by atoms with Gasteiger partial charge in [0.1, 0.15) is 5.75 Å². The van der Waals surface area contributed by atoms with E-state index in [1.165, 1.54) is 0 Å². The molecule has 0 aromatic carbocycles. The summed E-state index contributed by atoms with van der Waals surface area (Å²) in [5, 5.41) is 0. The number of hydrogen-bond donors (Lipinski definition) is 1. The lowest BCUT2D eigenvalue weighted by atomic mass is 10.3. The summed E-state index contributed by atoms with van der Waals surface area (Å²) in [4.78, 5) is 6.93. The Balaban J connectivity index is 2.72. The zero-order valence-electron chi connectivity index (χ0n) is 9.86. The summed E-state index contributed by atoms with van der Waals surface area (Å²) in [6.45, 7) is 3.24. The molecule has 88 valence electrons. The van der Waals surface area contributed by atoms with Crippen LogP contribution in [0.2, 0.25) is 0 Å². The number of aryl methyl sites for hydroxylation is 1. The maximum absolute atomic E-state index is 5.48. The van der Waals surface area contributed by atoms with E-state index >= 15 is 0 Å². The van der Waals surface area contributed by atoms with Gasteiger partial charge in [-0.25, -0.2) is 0 Å². The van der Waals surface area contributed by atoms with Gasteiger partial charge < -0.3 is 10.5 Å². The molecule has 0 unspecified atom stereocenters. The van der Waals surface area contributed by atoms with E-state index in [-0.39, 0.29) is 0 Å². The molecule has 0 fully saturated rings. The summed E-state index contributed by atoms with van der Waals surface area (Å²) >= 11 is 4.85. The van der Waals surface area contributed by atoms with Crippen LogP contribution in [0.1, 0.15) is 11.4 Å². The molecule has 4 nitrogen and oxygen atoms in total. The van der Waals surface area contributed by atoms with Gasteiger partial charge in [-0.15, -0.1) is 0 Å². The first-order valence-electron chi connectivity index (χ1n) is 4.99. The van der Waals surface area contributed by atoms with E-state index in [2.05, 4.69) is 4.98 Å². The monoisotopic (exact) mass is 239 g/mol. The molecule has 0 aliphatic carbocycles. The van der Waals surface area contributed by atoms with Gasteiger partial charge in [0.2, 0.25) is 0 Å². The second-order valence-corrected chi connectivity index (χ2v) is 4.30. The maximum atomic E-state index is 5.48. The van der Waals surface area contributed by atoms with Gasteiger partial charge in [-0.2, -0.15) is 0 Å². The first-order chi connectivity index (χ1) is 7.51. The van der Waals surface area contributed by atoms with Crippen LogP contribution in [0.25, 0.3) is 0 Å². The van der Waals surface area contributed by atoms with Crippen molar-refractivity contribution in [2.45, 2.75) is 13.5 Å². The fraction of sp³-hybridized carbons (Fsp3) is 0.455. The molecule has 0 amide bonds. The first kappa shape index (κ1) is 12.9. The predicted octanol–water partition coefficient (Wildman–Crippen LogP) is 1.12. The van der Waals surface area contributed by atoms with Gasteiger partial charge in [-0.1, -0.05) is 12.2 Å². The number of rotatable bonds is 5. The quantitative estimate of drug-likeness (QED) is 0.780. The zero-order chi connectivity index (χ0) is 12.1. The third-order valence-corrected chi connectivity index (χ3v) is 2.20. The van der Waals surface area contributed by atoms with Crippen molar-refractivity contribution < 1.29 is 4.74 Å². The third kappa shape index (κ3) is 4.12. The smallest absolute Gasteiger partial charge is 0.122 e. The van der Waals surface area contributed by atoms with Crippen molar-refractivity contribution >= 4 is 17.2 Å². The van der Waals surface area contributed by atoms with Crippen molar-refractivity contribution in [3.8, 4) is 5.75 Å². The summed E-state index contributed by atoms with van der Waals surface area (Å²) in [5.74, 6) is 0.825. The maximum Gasteiger partial charge on any atom is 0.122 e. The van der Waals surface area contributed by atoms with Gasteiger partial charge in [0.15, 0.2) is 0 Å². The van der Waals surface area contributed by atoms with Crippen LogP contribution in [0.3, 0.4) is 0 Å². The fourth-order valence-electron chi connectivity index (χ4n) is 1.50. The highest BCUT2D eigenvalue weighted by Gasteiger charge is 2.05. The molecule has 2 N–H and O–H groups in total. The highest BCUT2D eigenvalue weighted by Crippen LogP contribution is 2.14. The largest absolute Gasteiger partial charge is 0.497 e. The Kier molecular flexibility index (Phi) is 4.64. The second-order valence-electron chi connectivity index (χ2n) is 3.78. The Morgan fingerprint density at radius 3 is 2.81 bits per heavy atom. The van der Waals surface area contributed by atoms with Gasteiger partial charge in [-0.3, -0.25) is 9.88 Å². The predicted molar refractivity (Wildman–Crippen MR) is 68.6 cm³/mol. The minimum atomic E-state index is 0.488. The summed E-state index contributed by atoms with van der Waals surface area (Å²) in [7, 11) is 3.60. The summed E-state index contributed by atoms with van der Waals surface area (Å²) in [6, 6.07) is 3.82. The molecule has 0 bridgehead atoms.